The predicted molar refractivity (Wildman–Crippen MR) is 96.8 cm³/mol. The van der Waals surface area contributed by atoms with Crippen molar-refractivity contribution in [3.05, 3.63) is 70.2 Å². The van der Waals surface area contributed by atoms with Crippen molar-refractivity contribution in [2.45, 2.75) is 25.3 Å². The number of hydrogen-bond donors (Lipinski definition) is 1. The van der Waals surface area contributed by atoms with E-state index in [1.54, 1.807) is 18.2 Å². The van der Waals surface area contributed by atoms with E-state index in [0.29, 0.717) is 12.0 Å². The fourth-order valence-electron chi connectivity index (χ4n) is 2.42. The highest BCUT2D eigenvalue weighted by molar-refractivity contribution is 9.10. The average molecular weight is 390 g/mol. The van der Waals surface area contributed by atoms with Gasteiger partial charge in [-0.1, -0.05) is 52.3 Å². The van der Waals surface area contributed by atoms with E-state index in [0.717, 1.165) is 17.3 Å². The van der Waals surface area contributed by atoms with Gasteiger partial charge in [-0.3, -0.25) is 4.79 Å². The number of esters is 1. The Labute approximate surface area is 150 Å². The zero-order chi connectivity index (χ0) is 17.4. The maximum atomic E-state index is 12.3. The van der Waals surface area contributed by atoms with Gasteiger partial charge in [-0.15, -0.1) is 0 Å². The summed E-state index contributed by atoms with van der Waals surface area (Å²) in [5.74, 6) is -0.710. The van der Waals surface area contributed by atoms with Gasteiger partial charge in [0.05, 0.1) is 7.11 Å². The normalized spacial score (nSPS) is 11.6. The van der Waals surface area contributed by atoms with Crippen LogP contribution in [0, 0.1) is 0 Å². The smallest absolute Gasteiger partial charge is 0.328 e. The molecule has 0 saturated carbocycles. The van der Waals surface area contributed by atoms with Gasteiger partial charge in [-0.25, -0.2) is 4.79 Å². The van der Waals surface area contributed by atoms with Crippen molar-refractivity contribution < 1.29 is 14.3 Å². The molecule has 24 heavy (non-hydrogen) atoms. The molecule has 0 saturated heterocycles. The van der Waals surface area contributed by atoms with Crippen LogP contribution in [0.1, 0.15) is 28.8 Å². The Morgan fingerprint density at radius 3 is 2.54 bits per heavy atom. The number of halogens is 1. The summed E-state index contributed by atoms with van der Waals surface area (Å²) in [4.78, 5) is 24.3. The van der Waals surface area contributed by atoms with Crippen molar-refractivity contribution in [1.29, 1.82) is 0 Å². The molecule has 4 nitrogen and oxygen atoms in total. The Kier molecular flexibility index (Phi) is 7.00. The summed E-state index contributed by atoms with van der Waals surface area (Å²) in [6.07, 6.45) is 2.16. The predicted octanol–water partition coefficient (Wildman–Crippen LogP) is 3.74. The van der Waals surface area contributed by atoms with Crippen LogP contribution in [0.5, 0.6) is 0 Å². The van der Waals surface area contributed by atoms with Gasteiger partial charge < -0.3 is 10.1 Å². The molecule has 0 fully saturated rings. The number of methoxy groups -OCH3 is 1. The first kappa shape index (κ1) is 18.2. The van der Waals surface area contributed by atoms with Crippen LogP contribution in [0.4, 0.5) is 0 Å². The van der Waals surface area contributed by atoms with Crippen LogP contribution in [0.2, 0.25) is 0 Å². The monoisotopic (exact) mass is 389 g/mol. The minimum atomic E-state index is -0.648. The van der Waals surface area contributed by atoms with Crippen molar-refractivity contribution in [3.63, 3.8) is 0 Å². The van der Waals surface area contributed by atoms with Gasteiger partial charge in [0.25, 0.3) is 5.91 Å². The lowest BCUT2D eigenvalue weighted by Gasteiger charge is -2.16. The summed E-state index contributed by atoms with van der Waals surface area (Å²) < 4.78 is 5.63. The summed E-state index contributed by atoms with van der Waals surface area (Å²) in [6, 6.07) is 16.4. The molecular formula is C19H20BrNO3. The zero-order valence-corrected chi connectivity index (χ0v) is 15.1. The third kappa shape index (κ3) is 5.49. The summed E-state index contributed by atoms with van der Waals surface area (Å²) in [5.41, 5.74) is 1.71. The molecule has 0 aliphatic heterocycles. The molecule has 0 bridgehead atoms. The molecule has 0 spiro atoms. The van der Waals surface area contributed by atoms with Crippen molar-refractivity contribution in [1.82, 2.24) is 5.32 Å². The van der Waals surface area contributed by atoms with Crippen LogP contribution in [-0.2, 0) is 16.0 Å². The van der Waals surface area contributed by atoms with E-state index >= 15 is 0 Å². The third-order valence-electron chi connectivity index (χ3n) is 3.68. The zero-order valence-electron chi connectivity index (χ0n) is 13.5. The summed E-state index contributed by atoms with van der Waals surface area (Å²) in [7, 11) is 1.33. The highest BCUT2D eigenvalue weighted by Gasteiger charge is 2.21. The van der Waals surface area contributed by atoms with Crippen LogP contribution in [-0.4, -0.2) is 25.0 Å². The van der Waals surface area contributed by atoms with Crippen LogP contribution in [0.25, 0.3) is 0 Å². The number of nitrogens with one attached hydrogen (secondary N) is 1. The molecule has 0 unspecified atom stereocenters. The van der Waals surface area contributed by atoms with Gasteiger partial charge >= 0.3 is 5.97 Å². The molecule has 5 heteroatoms. The molecule has 2 aromatic rings. The summed E-state index contributed by atoms with van der Waals surface area (Å²) >= 11 is 3.34. The Morgan fingerprint density at radius 2 is 1.88 bits per heavy atom. The molecule has 1 N–H and O–H groups in total. The third-order valence-corrected chi connectivity index (χ3v) is 4.17. The molecule has 0 aliphatic carbocycles. The second-order valence-electron chi connectivity index (χ2n) is 5.44. The van der Waals surface area contributed by atoms with Gasteiger partial charge in [-0.2, -0.15) is 0 Å². The molecule has 0 heterocycles. The lowest BCUT2D eigenvalue weighted by Crippen LogP contribution is -2.41. The van der Waals surface area contributed by atoms with Gasteiger partial charge in [0, 0.05) is 10.0 Å². The first-order valence-corrected chi connectivity index (χ1v) is 8.57. The van der Waals surface area contributed by atoms with Crippen LogP contribution in [0.15, 0.2) is 59.1 Å². The number of benzene rings is 2. The molecule has 1 amide bonds. The lowest BCUT2D eigenvalue weighted by molar-refractivity contribution is -0.143. The number of carbonyl (C=O) groups is 2. The molecule has 2 aromatic carbocycles. The van der Waals surface area contributed by atoms with Gasteiger partial charge in [0.15, 0.2) is 0 Å². The van der Waals surface area contributed by atoms with Gasteiger partial charge in [0.2, 0.25) is 0 Å². The molecule has 1 atom stereocenters. The Bertz CT molecular complexity index is 688. The van der Waals surface area contributed by atoms with Crippen LogP contribution < -0.4 is 5.32 Å². The molecule has 0 aromatic heterocycles. The summed E-state index contributed by atoms with van der Waals surface area (Å²) in [5, 5.41) is 2.76. The van der Waals surface area contributed by atoms with E-state index in [1.165, 1.54) is 12.7 Å². The van der Waals surface area contributed by atoms with Crippen LogP contribution >= 0.6 is 15.9 Å². The molecular weight excluding hydrogens is 370 g/mol. The second-order valence-corrected chi connectivity index (χ2v) is 6.35. The number of aryl methyl sites for hydroxylation is 1. The topological polar surface area (TPSA) is 55.4 Å². The lowest BCUT2D eigenvalue weighted by atomic mass is 10.0. The van der Waals surface area contributed by atoms with Gasteiger partial charge in [-0.05, 0) is 43.0 Å². The van der Waals surface area contributed by atoms with E-state index in [4.69, 9.17) is 4.74 Å². The highest BCUT2D eigenvalue weighted by atomic mass is 79.9. The Balaban J connectivity index is 1.95. The fourth-order valence-corrected chi connectivity index (χ4v) is 2.82. The highest BCUT2D eigenvalue weighted by Crippen LogP contribution is 2.13. The van der Waals surface area contributed by atoms with E-state index in [9.17, 15) is 9.59 Å². The van der Waals surface area contributed by atoms with E-state index in [2.05, 4.69) is 21.2 Å². The molecule has 0 radical (unpaired) electrons. The maximum Gasteiger partial charge on any atom is 0.328 e. The molecule has 0 aliphatic rings. The largest absolute Gasteiger partial charge is 0.467 e. The number of rotatable bonds is 7. The maximum absolute atomic E-state index is 12.3. The van der Waals surface area contributed by atoms with E-state index in [-0.39, 0.29) is 5.91 Å². The van der Waals surface area contributed by atoms with Crippen molar-refractivity contribution in [3.8, 4) is 0 Å². The average Bonchev–Trinajstić information content (AvgIpc) is 2.61. The molecule has 126 valence electrons. The van der Waals surface area contributed by atoms with Crippen molar-refractivity contribution >= 4 is 27.8 Å². The van der Waals surface area contributed by atoms with Gasteiger partial charge in [0.1, 0.15) is 6.04 Å². The minimum absolute atomic E-state index is 0.286. The number of amides is 1. The summed E-state index contributed by atoms with van der Waals surface area (Å²) in [6.45, 7) is 0. The minimum Gasteiger partial charge on any atom is -0.467 e. The van der Waals surface area contributed by atoms with Crippen molar-refractivity contribution in [2.24, 2.45) is 0 Å². The quantitative estimate of drug-likeness (QED) is 0.733. The number of carbonyl (C=O) groups excluding carboxylic acids is 2. The number of hydrogen-bond acceptors (Lipinski definition) is 3. The Morgan fingerprint density at radius 1 is 1.12 bits per heavy atom. The fraction of sp³-hybridized carbons (Fsp3) is 0.263. The first-order chi connectivity index (χ1) is 11.6. The van der Waals surface area contributed by atoms with Crippen molar-refractivity contribution in [2.75, 3.05) is 7.11 Å². The SMILES string of the molecule is COC(=O)[C@@H](CCCc1ccccc1)NC(=O)c1cccc(Br)c1. The standard InChI is InChI=1S/C19H20BrNO3/c1-24-19(23)17(12-5-9-14-7-3-2-4-8-14)21-18(22)15-10-6-11-16(20)13-15/h2-4,6-8,10-11,13,17H,5,9,12H2,1H3,(H,21,22)/t17-/m1/s1. The van der Waals surface area contributed by atoms with Crippen LogP contribution in [0.3, 0.4) is 0 Å². The van der Waals surface area contributed by atoms with E-state index in [1.807, 2.05) is 36.4 Å². The number of ether oxygens (including phenoxy) is 1. The second kappa shape index (κ2) is 9.23. The Hall–Kier alpha value is -2.14. The molecule has 2 rings (SSSR count). The van der Waals surface area contributed by atoms with E-state index < -0.39 is 12.0 Å². The first-order valence-electron chi connectivity index (χ1n) is 7.78.